The predicted octanol–water partition coefficient (Wildman–Crippen LogP) is 2.79. The highest BCUT2D eigenvalue weighted by atomic mass is 35.5. The van der Waals surface area contributed by atoms with E-state index in [0.717, 1.165) is 0 Å². The number of sulfone groups is 1. The van der Waals surface area contributed by atoms with Crippen molar-refractivity contribution in [3.8, 4) is 11.5 Å². The van der Waals surface area contributed by atoms with Gasteiger partial charge in [0, 0.05) is 5.38 Å². The number of benzene rings is 1. The zero-order valence-corrected chi connectivity index (χ0v) is 13.2. The lowest BCUT2D eigenvalue weighted by atomic mass is 10.3. The minimum Gasteiger partial charge on any atom is -0.495 e. The van der Waals surface area contributed by atoms with Crippen LogP contribution < -0.4 is 9.47 Å². The average molecular weight is 334 g/mol. The van der Waals surface area contributed by atoms with Gasteiger partial charge in [0.1, 0.15) is 11.5 Å². The fourth-order valence-electron chi connectivity index (χ4n) is 1.74. The first-order valence-electron chi connectivity index (χ1n) is 5.51. The number of hydrogen-bond donors (Lipinski definition) is 0. The Labute approximate surface area is 126 Å². The molecule has 0 N–H and O–H groups in total. The van der Waals surface area contributed by atoms with Gasteiger partial charge in [0.2, 0.25) is 0 Å². The van der Waals surface area contributed by atoms with Crippen molar-refractivity contribution in [3.63, 3.8) is 0 Å². The molecule has 0 atom stereocenters. The van der Waals surface area contributed by atoms with Crippen molar-refractivity contribution in [3.05, 3.63) is 33.7 Å². The zero-order valence-electron chi connectivity index (χ0n) is 10.8. The van der Waals surface area contributed by atoms with Gasteiger partial charge in [-0.05, 0) is 12.1 Å². The van der Waals surface area contributed by atoms with Gasteiger partial charge in [0.25, 0.3) is 0 Å². The third kappa shape index (κ3) is 3.05. The SMILES string of the molecule is COc1cccc(OC)c1S(=O)(=O)Cc1csc(Cl)n1. The number of thiazole rings is 1. The quantitative estimate of drug-likeness (QED) is 0.841. The lowest BCUT2D eigenvalue weighted by molar-refractivity contribution is 0.373. The summed E-state index contributed by atoms with van der Waals surface area (Å²) in [6, 6.07) is 4.81. The molecule has 2 aromatic rings. The van der Waals surface area contributed by atoms with Crippen molar-refractivity contribution >= 4 is 32.8 Å². The van der Waals surface area contributed by atoms with E-state index in [9.17, 15) is 8.42 Å². The fourth-order valence-corrected chi connectivity index (χ4v) is 4.22. The number of halogens is 1. The number of rotatable bonds is 5. The molecule has 0 saturated heterocycles. The molecule has 2 rings (SSSR count). The molecule has 0 aliphatic carbocycles. The summed E-state index contributed by atoms with van der Waals surface area (Å²) in [5, 5.41) is 1.61. The Kier molecular flexibility index (Phi) is 4.52. The fraction of sp³-hybridized carbons (Fsp3) is 0.250. The molecule has 1 aromatic heterocycles. The monoisotopic (exact) mass is 333 g/mol. The topological polar surface area (TPSA) is 65.5 Å². The maximum Gasteiger partial charge on any atom is 0.191 e. The van der Waals surface area contributed by atoms with E-state index in [2.05, 4.69) is 4.98 Å². The molecule has 0 fully saturated rings. The third-order valence-corrected chi connectivity index (χ3v) is 5.28. The van der Waals surface area contributed by atoms with Crippen LogP contribution in [0, 0.1) is 0 Å². The van der Waals surface area contributed by atoms with E-state index in [1.54, 1.807) is 23.6 Å². The molecule has 0 saturated carbocycles. The van der Waals surface area contributed by atoms with Gasteiger partial charge in [0.05, 0.1) is 25.7 Å². The van der Waals surface area contributed by atoms with E-state index in [4.69, 9.17) is 21.1 Å². The lowest BCUT2D eigenvalue weighted by Gasteiger charge is -2.12. The van der Waals surface area contributed by atoms with Crippen LogP contribution in [0.5, 0.6) is 11.5 Å². The second-order valence-corrected chi connectivity index (χ2v) is 7.21. The van der Waals surface area contributed by atoms with Crippen molar-refractivity contribution in [1.29, 1.82) is 0 Å². The van der Waals surface area contributed by atoms with Gasteiger partial charge in [-0.15, -0.1) is 11.3 Å². The van der Waals surface area contributed by atoms with Crippen LogP contribution in [-0.2, 0) is 15.6 Å². The first-order chi connectivity index (χ1) is 9.47. The van der Waals surface area contributed by atoms with Crippen LogP contribution in [-0.4, -0.2) is 27.6 Å². The van der Waals surface area contributed by atoms with Gasteiger partial charge >= 0.3 is 0 Å². The molecule has 0 radical (unpaired) electrons. The Morgan fingerprint density at radius 3 is 2.30 bits per heavy atom. The molecule has 0 amide bonds. The minimum absolute atomic E-state index is 0.0223. The summed E-state index contributed by atoms with van der Waals surface area (Å²) in [6.45, 7) is 0. The van der Waals surface area contributed by atoms with Gasteiger partial charge in [-0.3, -0.25) is 0 Å². The second kappa shape index (κ2) is 5.99. The molecule has 20 heavy (non-hydrogen) atoms. The largest absolute Gasteiger partial charge is 0.495 e. The van der Waals surface area contributed by atoms with Crippen molar-refractivity contribution < 1.29 is 17.9 Å². The highest BCUT2D eigenvalue weighted by molar-refractivity contribution is 7.90. The van der Waals surface area contributed by atoms with Crippen molar-refractivity contribution in [1.82, 2.24) is 4.98 Å². The van der Waals surface area contributed by atoms with E-state index in [-0.39, 0.29) is 22.1 Å². The summed E-state index contributed by atoms with van der Waals surface area (Å²) in [5.41, 5.74) is 0.396. The van der Waals surface area contributed by atoms with Gasteiger partial charge in [-0.2, -0.15) is 0 Å². The van der Waals surface area contributed by atoms with E-state index in [1.165, 1.54) is 25.6 Å². The molecule has 0 bridgehead atoms. The minimum atomic E-state index is -3.65. The van der Waals surface area contributed by atoms with Crippen LogP contribution in [0.3, 0.4) is 0 Å². The van der Waals surface area contributed by atoms with Crippen LogP contribution in [0.1, 0.15) is 5.69 Å². The Morgan fingerprint density at radius 1 is 1.25 bits per heavy atom. The van der Waals surface area contributed by atoms with Crippen LogP contribution in [0.4, 0.5) is 0 Å². The Morgan fingerprint density at radius 2 is 1.85 bits per heavy atom. The standard InChI is InChI=1S/C12H12ClNO4S2/c1-17-9-4-3-5-10(18-2)11(9)20(15,16)7-8-6-19-12(13)14-8/h3-6H,7H2,1-2H3. The van der Waals surface area contributed by atoms with E-state index >= 15 is 0 Å². The van der Waals surface area contributed by atoms with Crippen LogP contribution in [0.15, 0.2) is 28.5 Å². The lowest BCUT2D eigenvalue weighted by Crippen LogP contribution is -2.09. The molecule has 5 nitrogen and oxygen atoms in total. The summed E-state index contributed by atoms with van der Waals surface area (Å²) in [4.78, 5) is 3.98. The van der Waals surface area contributed by atoms with Gasteiger partial charge < -0.3 is 9.47 Å². The van der Waals surface area contributed by atoms with Gasteiger partial charge in [0.15, 0.2) is 19.2 Å². The van der Waals surface area contributed by atoms with Crippen LogP contribution >= 0.6 is 22.9 Å². The smallest absolute Gasteiger partial charge is 0.191 e. The Balaban J connectivity index is 2.48. The molecule has 0 unspecified atom stereocenters. The summed E-state index contributed by atoms with van der Waals surface area (Å²) in [7, 11) is -0.830. The third-order valence-electron chi connectivity index (χ3n) is 2.56. The van der Waals surface area contributed by atoms with Crippen LogP contribution in [0.25, 0.3) is 0 Å². The highest BCUT2D eigenvalue weighted by Gasteiger charge is 2.26. The molecule has 0 aliphatic heterocycles. The molecule has 108 valence electrons. The van der Waals surface area contributed by atoms with Crippen molar-refractivity contribution in [2.75, 3.05) is 14.2 Å². The number of nitrogens with zero attached hydrogens (tertiary/aromatic N) is 1. The number of methoxy groups -OCH3 is 2. The molecule has 0 aliphatic rings. The number of ether oxygens (including phenoxy) is 2. The van der Waals surface area contributed by atoms with E-state index in [1.807, 2.05) is 0 Å². The molecular formula is C12H12ClNO4S2. The van der Waals surface area contributed by atoms with Crippen molar-refractivity contribution in [2.24, 2.45) is 0 Å². The summed E-state index contributed by atoms with van der Waals surface area (Å²) in [5.74, 6) is 0.226. The Hall–Kier alpha value is -1.31. The van der Waals surface area contributed by atoms with Crippen LogP contribution in [0.2, 0.25) is 4.47 Å². The number of hydrogen-bond acceptors (Lipinski definition) is 6. The van der Waals surface area contributed by atoms with E-state index < -0.39 is 9.84 Å². The first-order valence-corrected chi connectivity index (χ1v) is 8.42. The normalized spacial score (nSPS) is 11.3. The van der Waals surface area contributed by atoms with Gasteiger partial charge in [-0.1, -0.05) is 17.7 Å². The van der Waals surface area contributed by atoms with E-state index in [0.29, 0.717) is 10.2 Å². The summed E-state index contributed by atoms with van der Waals surface area (Å²) in [6.07, 6.45) is 0. The maximum atomic E-state index is 12.5. The Bertz CT molecular complexity index is 690. The summed E-state index contributed by atoms with van der Waals surface area (Å²) < 4.78 is 35.6. The van der Waals surface area contributed by atoms with Crippen molar-refractivity contribution in [2.45, 2.75) is 10.6 Å². The maximum absolute atomic E-state index is 12.5. The first kappa shape index (κ1) is 15.1. The average Bonchev–Trinajstić information content (AvgIpc) is 2.82. The number of aromatic nitrogens is 1. The van der Waals surface area contributed by atoms with Gasteiger partial charge in [-0.25, -0.2) is 13.4 Å². The second-order valence-electron chi connectivity index (χ2n) is 3.84. The zero-order chi connectivity index (χ0) is 14.8. The molecule has 8 heteroatoms. The predicted molar refractivity (Wildman–Crippen MR) is 77.6 cm³/mol. The molecular weight excluding hydrogens is 322 g/mol. The molecule has 1 aromatic carbocycles. The molecule has 0 spiro atoms. The summed E-state index contributed by atoms with van der Waals surface area (Å²) >= 11 is 6.90. The highest BCUT2D eigenvalue weighted by Crippen LogP contribution is 2.35. The molecule has 1 heterocycles.